The number of ether oxygens (including phenoxy) is 1. The molecule has 0 saturated heterocycles. The van der Waals surface area contributed by atoms with Gasteiger partial charge in [0.05, 0.1) is 17.9 Å². The summed E-state index contributed by atoms with van der Waals surface area (Å²) in [5.74, 6) is -0.580. The Morgan fingerprint density at radius 1 is 1.45 bits per heavy atom. The number of amides is 1. The van der Waals surface area contributed by atoms with E-state index in [1.54, 1.807) is 6.92 Å². The fraction of sp³-hybridized carbons (Fsp3) is 0.462. The highest BCUT2D eigenvalue weighted by Gasteiger charge is 2.36. The van der Waals surface area contributed by atoms with E-state index in [4.69, 9.17) is 16.3 Å². The van der Waals surface area contributed by atoms with Crippen LogP contribution >= 0.6 is 11.6 Å². The topological polar surface area (TPSA) is 38.3 Å². The van der Waals surface area contributed by atoms with Gasteiger partial charge in [0.1, 0.15) is 0 Å². The molecular weight excluding hydrogens is 295 g/mol. The summed E-state index contributed by atoms with van der Waals surface area (Å²) in [7, 11) is 0. The lowest BCUT2D eigenvalue weighted by Gasteiger charge is -2.19. The van der Waals surface area contributed by atoms with Crippen molar-refractivity contribution in [3.05, 3.63) is 27.8 Å². The molecule has 1 rings (SSSR count). The number of alkyl halides is 3. The van der Waals surface area contributed by atoms with Crippen molar-refractivity contribution in [3.63, 3.8) is 0 Å². The van der Waals surface area contributed by atoms with E-state index < -0.39 is 17.6 Å². The highest BCUT2D eigenvalue weighted by atomic mass is 35.5. The predicted octanol–water partition coefficient (Wildman–Crippen LogP) is 4.16. The van der Waals surface area contributed by atoms with E-state index >= 15 is 0 Å². The molecule has 0 aliphatic heterocycles. The zero-order valence-corrected chi connectivity index (χ0v) is 12.1. The van der Waals surface area contributed by atoms with Crippen LogP contribution in [-0.2, 0) is 22.3 Å². The second kappa shape index (κ2) is 6.45. The van der Waals surface area contributed by atoms with Crippen LogP contribution in [-0.4, -0.2) is 12.5 Å². The summed E-state index contributed by atoms with van der Waals surface area (Å²) in [6.45, 7) is 4.89. The van der Waals surface area contributed by atoms with Crippen LogP contribution in [0.2, 0.25) is 5.02 Å². The number of carbonyl (C=O) groups excluding carboxylic acids is 1. The number of rotatable bonds is 4. The van der Waals surface area contributed by atoms with E-state index in [2.05, 4.69) is 5.32 Å². The normalized spacial score (nSPS) is 11.6. The van der Waals surface area contributed by atoms with Gasteiger partial charge in [-0.05, 0) is 25.5 Å². The maximum atomic E-state index is 13.0. The van der Waals surface area contributed by atoms with E-state index in [1.807, 2.05) is 0 Å². The van der Waals surface area contributed by atoms with Gasteiger partial charge in [0.15, 0.2) is 0 Å². The van der Waals surface area contributed by atoms with Gasteiger partial charge < -0.3 is 10.1 Å². The van der Waals surface area contributed by atoms with Crippen molar-refractivity contribution < 1.29 is 22.7 Å². The summed E-state index contributed by atoms with van der Waals surface area (Å²) >= 11 is 5.89. The Balaban J connectivity index is 3.44. The largest absolute Gasteiger partial charge is 0.418 e. The third-order valence-electron chi connectivity index (χ3n) is 2.71. The third kappa shape index (κ3) is 3.86. The van der Waals surface area contributed by atoms with Crippen molar-refractivity contribution in [3.8, 4) is 0 Å². The van der Waals surface area contributed by atoms with Crippen LogP contribution in [0.1, 0.15) is 30.5 Å². The van der Waals surface area contributed by atoms with E-state index in [9.17, 15) is 18.0 Å². The molecule has 7 heteroatoms. The first kappa shape index (κ1) is 16.8. The predicted molar refractivity (Wildman–Crippen MR) is 70.8 cm³/mol. The molecule has 0 aliphatic rings. The summed E-state index contributed by atoms with van der Waals surface area (Å²) in [6.07, 6.45) is -4.60. The van der Waals surface area contributed by atoms with E-state index in [1.165, 1.54) is 6.92 Å². The van der Waals surface area contributed by atoms with Crippen molar-refractivity contribution in [1.29, 1.82) is 0 Å². The average molecular weight is 310 g/mol. The number of anilines is 1. The number of halogens is 4. The molecule has 0 aromatic heterocycles. The quantitative estimate of drug-likeness (QED) is 0.907. The molecule has 0 bridgehead atoms. The van der Waals surface area contributed by atoms with E-state index in [-0.39, 0.29) is 22.9 Å². The Hall–Kier alpha value is -1.27. The van der Waals surface area contributed by atoms with Crippen molar-refractivity contribution in [2.75, 3.05) is 11.9 Å². The molecule has 1 aromatic rings. The Labute approximate surface area is 120 Å². The molecule has 0 atom stereocenters. The Morgan fingerprint density at radius 2 is 2.05 bits per heavy atom. The maximum absolute atomic E-state index is 13.0. The van der Waals surface area contributed by atoms with Crippen molar-refractivity contribution in [2.45, 2.75) is 33.6 Å². The van der Waals surface area contributed by atoms with Crippen LogP contribution in [0.3, 0.4) is 0 Å². The fourth-order valence-electron chi connectivity index (χ4n) is 1.76. The van der Waals surface area contributed by atoms with Crippen molar-refractivity contribution in [2.24, 2.45) is 0 Å². The molecule has 0 heterocycles. The van der Waals surface area contributed by atoms with Crippen molar-refractivity contribution >= 4 is 23.2 Å². The lowest BCUT2D eigenvalue weighted by Crippen LogP contribution is -2.16. The molecule has 3 nitrogen and oxygen atoms in total. The minimum atomic E-state index is -4.60. The number of hydrogen-bond donors (Lipinski definition) is 1. The van der Waals surface area contributed by atoms with Crippen LogP contribution in [0.25, 0.3) is 0 Å². The monoisotopic (exact) mass is 309 g/mol. The van der Waals surface area contributed by atoms with Gasteiger partial charge in [0, 0.05) is 24.1 Å². The van der Waals surface area contributed by atoms with Crippen LogP contribution in [0.4, 0.5) is 18.9 Å². The van der Waals surface area contributed by atoms with Gasteiger partial charge in [-0.15, -0.1) is 0 Å². The van der Waals surface area contributed by atoms with Gasteiger partial charge in [-0.25, -0.2) is 0 Å². The van der Waals surface area contributed by atoms with Gasteiger partial charge in [-0.3, -0.25) is 4.79 Å². The number of benzene rings is 1. The van der Waals surface area contributed by atoms with Crippen LogP contribution in [0.5, 0.6) is 0 Å². The summed E-state index contributed by atoms with van der Waals surface area (Å²) in [4.78, 5) is 11.1. The first-order valence-electron chi connectivity index (χ1n) is 5.93. The molecule has 1 aromatic carbocycles. The molecule has 20 heavy (non-hydrogen) atoms. The average Bonchev–Trinajstić information content (AvgIpc) is 2.30. The van der Waals surface area contributed by atoms with Gasteiger partial charge in [0.25, 0.3) is 0 Å². The third-order valence-corrected chi connectivity index (χ3v) is 3.05. The molecule has 0 unspecified atom stereocenters. The molecule has 0 spiro atoms. The molecule has 0 radical (unpaired) electrons. The molecule has 0 saturated carbocycles. The fourth-order valence-corrected chi connectivity index (χ4v) is 2.07. The van der Waals surface area contributed by atoms with Crippen LogP contribution in [0.15, 0.2) is 6.07 Å². The Kier molecular flexibility index (Phi) is 5.42. The maximum Gasteiger partial charge on any atom is 0.418 e. The SMILES string of the molecule is CCOCc1c(Cl)cc(C(F)(F)F)c(NC(C)=O)c1C. The van der Waals surface area contributed by atoms with Crippen LogP contribution < -0.4 is 5.32 Å². The smallest absolute Gasteiger partial charge is 0.377 e. The van der Waals surface area contributed by atoms with Gasteiger partial charge in [-0.2, -0.15) is 13.2 Å². The lowest BCUT2D eigenvalue weighted by molar-refractivity contribution is -0.137. The molecule has 0 fully saturated rings. The van der Waals surface area contributed by atoms with Crippen LogP contribution in [0, 0.1) is 6.92 Å². The zero-order chi connectivity index (χ0) is 15.5. The van der Waals surface area contributed by atoms with E-state index in [0.29, 0.717) is 12.2 Å². The number of hydrogen-bond acceptors (Lipinski definition) is 2. The summed E-state index contributed by atoms with van der Waals surface area (Å²) in [5, 5.41) is 2.19. The first-order chi connectivity index (χ1) is 9.18. The highest BCUT2D eigenvalue weighted by Crippen LogP contribution is 2.40. The first-order valence-corrected chi connectivity index (χ1v) is 6.30. The minimum absolute atomic E-state index is 0.0302. The molecule has 0 aliphatic carbocycles. The summed E-state index contributed by atoms with van der Waals surface area (Å²) < 4.78 is 44.2. The molecular formula is C13H15ClF3NO2. The van der Waals surface area contributed by atoms with Gasteiger partial charge >= 0.3 is 6.18 Å². The van der Waals surface area contributed by atoms with Gasteiger partial charge in [-0.1, -0.05) is 11.6 Å². The van der Waals surface area contributed by atoms with Gasteiger partial charge in [0.2, 0.25) is 5.91 Å². The summed E-state index contributed by atoms with van der Waals surface area (Å²) in [6, 6.07) is 0.814. The molecule has 1 amide bonds. The highest BCUT2D eigenvalue weighted by molar-refractivity contribution is 6.31. The number of carbonyl (C=O) groups is 1. The summed E-state index contributed by atoms with van der Waals surface area (Å²) in [5.41, 5.74) is -0.543. The number of nitrogens with one attached hydrogen (secondary N) is 1. The minimum Gasteiger partial charge on any atom is -0.377 e. The van der Waals surface area contributed by atoms with Crippen molar-refractivity contribution in [1.82, 2.24) is 0 Å². The molecule has 1 N–H and O–H groups in total. The second-order valence-corrected chi connectivity index (χ2v) is 4.61. The standard InChI is InChI=1S/C13H15ClF3NO2/c1-4-20-6-9-7(2)12(18-8(3)19)10(5-11(9)14)13(15,16)17/h5H,4,6H2,1-3H3,(H,18,19). The second-order valence-electron chi connectivity index (χ2n) is 4.20. The Bertz CT molecular complexity index is 515. The van der Waals surface area contributed by atoms with E-state index in [0.717, 1.165) is 13.0 Å². The Morgan fingerprint density at radius 3 is 2.50 bits per heavy atom. The molecule has 112 valence electrons. The zero-order valence-electron chi connectivity index (χ0n) is 11.3. The lowest BCUT2D eigenvalue weighted by atomic mass is 10.0.